The highest BCUT2D eigenvalue weighted by atomic mass is 16.7. The van der Waals surface area contributed by atoms with Crippen molar-refractivity contribution in [2.24, 2.45) is 10.8 Å². The summed E-state index contributed by atoms with van der Waals surface area (Å²) in [5, 5.41) is 0.410. The Morgan fingerprint density at radius 2 is 0.807 bits per heavy atom. The van der Waals surface area contributed by atoms with Gasteiger partial charge in [-0.1, -0.05) is 42.4 Å². The van der Waals surface area contributed by atoms with Crippen molar-refractivity contribution in [3.8, 4) is 74.1 Å². The van der Waals surface area contributed by atoms with Crippen LogP contribution in [0.25, 0.3) is 0 Å². The van der Waals surface area contributed by atoms with Gasteiger partial charge in [-0.15, -0.1) is 43.6 Å². The Balaban J connectivity index is 0. The molecule has 0 aromatic rings. The zero-order valence-corrected chi connectivity index (χ0v) is 31.9. The smallest absolute Gasteiger partial charge is 0.373 e. The molecule has 0 saturated carbocycles. The molecule has 0 spiro atoms. The number of hydrogen-bond acceptors (Lipinski definition) is 16. The van der Waals surface area contributed by atoms with Gasteiger partial charge in [0.25, 0.3) is 11.8 Å². The van der Waals surface area contributed by atoms with Gasteiger partial charge in [0.1, 0.15) is 52.9 Å². The largest absolute Gasteiger partial charge is 0.465 e. The Bertz CT molecular complexity index is 1420. The average Bonchev–Trinajstić information content (AvgIpc) is 3.51. The van der Waals surface area contributed by atoms with E-state index in [1.165, 1.54) is 0 Å². The van der Waals surface area contributed by atoms with E-state index in [1.807, 2.05) is 0 Å². The van der Waals surface area contributed by atoms with Gasteiger partial charge in [-0.25, -0.2) is 4.79 Å². The number of carbonyl (C=O) groups excluding carboxylic acids is 7. The normalized spacial score (nSPS) is 11.5. The van der Waals surface area contributed by atoms with Crippen LogP contribution in [0.4, 0.5) is 0 Å². The zero-order chi connectivity index (χ0) is 43.2. The summed E-state index contributed by atoms with van der Waals surface area (Å²) in [6.07, 6.45) is 30.9. The molecule has 1 aliphatic heterocycles. The van der Waals surface area contributed by atoms with Gasteiger partial charge in [-0.3, -0.25) is 19.2 Å². The first-order valence-electron chi connectivity index (χ1n) is 16.9. The van der Waals surface area contributed by atoms with Crippen LogP contribution in [0.5, 0.6) is 0 Å². The second kappa shape index (κ2) is 34.5. The van der Waals surface area contributed by atoms with Gasteiger partial charge in [0, 0.05) is 19.3 Å². The number of hydroxylamine groups is 2. The molecule has 17 heteroatoms. The lowest BCUT2D eigenvalue weighted by molar-refractivity contribution is -0.197. The first kappa shape index (κ1) is 53.2. The van der Waals surface area contributed by atoms with Crippen LogP contribution in [0.2, 0.25) is 0 Å². The summed E-state index contributed by atoms with van der Waals surface area (Å²) < 4.78 is 42.8. The summed E-state index contributed by atoms with van der Waals surface area (Å²) in [7, 11) is 0. The van der Waals surface area contributed by atoms with Crippen LogP contribution in [0.3, 0.4) is 0 Å². The topological polar surface area (TPSA) is 206 Å². The van der Waals surface area contributed by atoms with Crippen LogP contribution >= 0.6 is 0 Å². The fraction of sp³-hybridized carbons (Fsp3) is 0.550. The van der Waals surface area contributed by atoms with Gasteiger partial charge in [-0.2, -0.15) is 9.59 Å². The average molecular weight is 798 g/mol. The number of imide groups is 1. The SMILES string of the molecule is C#CCOCC(COCC#C)(COCC#C)COC(=O)CC.C#CCOCC(COCC#C)(COCC#C)COC(=O)CCC(=O)ON1C(=O)CCC1=O.O=C=O. The molecule has 0 bridgehead atoms. The quantitative estimate of drug-likeness (QED) is 0.0469. The Labute approximate surface area is 333 Å². The molecule has 0 atom stereocenters. The number of hydrogen-bond donors (Lipinski definition) is 0. The van der Waals surface area contributed by atoms with E-state index in [0.717, 1.165) is 0 Å². The molecule has 17 nitrogen and oxygen atoms in total. The second-order valence-corrected chi connectivity index (χ2v) is 11.5. The molecule has 1 aliphatic rings. The Hall–Kier alpha value is -5.95. The predicted octanol–water partition coefficient (Wildman–Crippen LogP) is 0.145. The van der Waals surface area contributed by atoms with Gasteiger partial charge in [0.15, 0.2) is 0 Å². The van der Waals surface area contributed by atoms with E-state index < -0.39 is 41.0 Å². The zero-order valence-electron chi connectivity index (χ0n) is 31.9. The highest BCUT2D eigenvalue weighted by Gasteiger charge is 2.36. The van der Waals surface area contributed by atoms with Crippen molar-refractivity contribution in [3.05, 3.63) is 0 Å². The molecule has 0 radical (unpaired) electrons. The summed E-state index contributed by atoms with van der Waals surface area (Å²) >= 11 is 0. The van der Waals surface area contributed by atoms with E-state index in [0.29, 0.717) is 5.06 Å². The van der Waals surface area contributed by atoms with Crippen LogP contribution in [0, 0.1) is 84.9 Å². The van der Waals surface area contributed by atoms with Gasteiger partial charge < -0.3 is 42.7 Å². The first-order chi connectivity index (χ1) is 27.4. The van der Waals surface area contributed by atoms with E-state index in [9.17, 15) is 24.0 Å². The third-order valence-corrected chi connectivity index (χ3v) is 6.66. The maximum Gasteiger partial charge on any atom is 0.373 e. The molecule has 308 valence electrons. The summed E-state index contributed by atoms with van der Waals surface area (Å²) in [6, 6.07) is 0. The number of amides is 2. The molecule has 0 N–H and O–H groups in total. The number of rotatable bonds is 27. The summed E-state index contributed by atoms with van der Waals surface area (Å²) in [5.41, 5.74) is -1.66. The maximum absolute atomic E-state index is 12.2. The highest BCUT2D eigenvalue weighted by Crippen LogP contribution is 2.22. The van der Waals surface area contributed by atoms with Crippen LogP contribution in [0.1, 0.15) is 39.0 Å². The molecular weight excluding hydrogens is 750 g/mol. The number of ether oxygens (including phenoxy) is 8. The Morgan fingerprint density at radius 1 is 0.526 bits per heavy atom. The summed E-state index contributed by atoms with van der Waals surface area (Å²) in [5.74, 6) is 10.9. The molecule has 1 rings (SSSR count). The second-order valence-electron chi connectivity index (χ2n) is 11.5. The molecule has 0 unspecified atom stereocenters. The van der Waals surface area contributed by atoms with Crippen molar-refractivity contribution < 1.29 is 76.3 Å². The minimum atomic E-state index is -0.949. The van der Waals surface area contributed by atoms with Crippen molar-refractivity contribution in [1.29, 1.82) is 0 Å². The van der Waals surface area contributed by atoms with Crippen LogP contribution < -0.4 is 0 Å². The molecule has 1 saturated heterocycles. The maximum atomic E-state index is 12.2. The highest BCUT2D eigenvalue weighted by molar-refractivity contribution is 6.01. The fourth-order valence-corrected chi connectivity index (χ4v) is 4.11. The van der Waals surface area contributed by atoms with E-state index in [4.69, 9.17) is 90.9 Å². The van der Waals surface area contributed by atoms with Crippen molar-refractivity contribution in [2.45, 2.75) is 39.0 Å². The molecule has 0 aromatic heterocycles. The molecule has 0 aromatic carbocycles. The van der Waals surface area contributed by atoms with Crippen LogP contribution in [0.15, 0.2) is 0 Å². The van der Waals surface area contributed by atoms with E-state index in [1.54, 1.807) is 6.92 Å². The van der Waals surface area contributed by atoms with Gasteiger partial charge in [0.05, 0.1) is 63.3 Å². The van der Waals surface area contributed by atoms with E-state index >= 15 is 0 Å². The third kappa shape index (κ3) is 26.5. The van der Waals surface area contributed by atoms with E-state index in [-0.39, 0.29) is 130 Å². The Kier molecular flexibility index (Phi) is 32.2. The number of nitrogens with zero attached hydrogens (tertiary/aromatic N) is 1. The molecule has 1 fully saturated rings. The van der Waals surface area contributed by atoms with Gasteiger partial charge in [0.2, 0.25) is 0 Å². The fourth-order valence-electron chi connectivity index (χ4n) is 4.11. The summed E-state index contributed by atoms with van der Waals surface area (Å²) in [6.45, 7) is 2.71. The van der Waals surface area contributed by atoms with Crippen LogP contribution in [-0.4, -0.2) is 133 Å². The first-order valence-corrected chi connectivity index (χ1v) is 16.9. The molecule has 0 aliphatic carbocycles. The minimum absolute atomic E-state index is 0.0136. The Morgan fingerprint density at radius 3 is 1.09 bits per heavy atom. The third-order valence-electron chi connectivity index (χ3n) is 6.66. The predicted molar refractivity (Wildman–Crippen MR) is 196 cm³/mol. The van der Waals surface area contributed by atoms with Gasteiger partial charge >= 0.3 is 24.1 Å². The van der Waals surface area contributed by atoms with Crippen molar-refractivity contribution >= 4 is 35.9 Å². The molecule has 2 amide bonds. The van der Waals surface area contributed by atoms with Crippen LogP contribution in [-0.2, 0) is 76.3 Å². The van der Waals surface area contributed by atoms with E-state index in [2.05, 4.69) is 35.5 Å². The van der Waals surface area contributed by atoms with Gasteiger partial charge in [-0.05, 0) is 0 Å². The molecular formula is C40H47NO16. The number of terminal acetylenes is 6. The summed E-state index contributed by atoms with van der Waals surface area (Å²) in [4.78, 5) is 79.3. The standard InChI is InChI=1S/C22H25NO9.C17H22O5.CO2/c1-4-11-28-14-22(15-29-12-5-2,16-30-13-6-3)17-31-20(26)9-10-21(27)32-23-18(24)7-8-19(23)25;1-5-9-19-12-17(13-20-10-6-2,14-21-11-7-3)15-22-16(18)8-4;2-1-3/h1-3H,7-17H2;1-3H,8-15H2,4H3;. The van der Waals surface area contributed by atoms with Crippen molar-refractivity contribution in [1.82, 2.24) is 5.06 Å². The van der Waals surface area contributed by atoms with Crippen molar-refractivity contribution in [2.75, 3.05) is 92.5 Å². The monoisotopic (exact) mass is 797 g/mol. The van der Waals surface area contributed by atoms with Crippen molar-refractivity contribution in [3.63, 3.8) is 0 Å². The lowest BCUT2D eigenvalue weighted by Gasteiger charge is -2.31. The molecule has 1 heterocycles. The lowest BCUT2D eigenvalue weighted by atomic mass is 9.92. The minimum Gasteiger partial charge on any atom is -0.465 e. The number of esters is 2. The molecule has 57 heavy (non-hydrogen) atoms. The number of carbonyl (C=O) groups is 5. The lowest BCUT2D eigenvalue weighted by Crippen LogP contribution is -2.42.